The van der Waals surface area contributed by atoms with Crippen LogP contribution in [-0.2, 0) is 4.79 Å². The zero-order chi connectivity index (χ0) is 25.5. The molecule has 0 aliphatic carbocycles. The molecule has 2 heterocycles. The van der Waals surface area contributed by atoms with E-state index in [0.29, 0.717) is 27.9 Å². The summed E-state index contributed by atoms with van der Waals surface area (Å²) in [6, 6.07) is 23.4. The number of hydrogen-bond donors (Lipinski definition) is 1. The van der Waals surface area contributed by atoms with Crippen LogP contribution >= 0.6 is 23.1 Å². The first kappa shape index (κ1) is 23.2. The highest BCUT2D eigenvalue weighted by atomic mass is 32.2. The van der Waals surface area contributed by atoms with Crippen molar-refractivity contribution in [2.24, 2.45) is 0 Å². The number of fused-ring (bicyclic) bond motifs is 1. The average Bonchev–Trinajstić information content (AvgIpc) is 3.33. The fourth-order valence-corrected chi connectivity index (χ4v) is 6.26. The molecule has 0 unspecified atom stereocenters. The average molecular weight is 526 g/mol. The van der Waals surface area contributed by atoms with Crippen LogP contribution in [0.1, 0.15) is 20.7 Å². The van der Waals surface area contributed by atoms with Crippen LogP contribution in [0.3, 0.4) is 0 Å². The predicted octanol–water partition coefficient (Wildman–Crippen LogP) is 5.99. The van der Waals surface area contributed by atoms with Crippen molar-refractivity contribution >= 4 is 73.2 Å². The van der Waals surface area contributed by atoms with Gasteiger partial charge in [0.25, 0.3) is 11.8 Å². The number of imide groups is 1. The number of anilines is 2. The molecule has 5 aromatic rings. The smallest absolute Gasteiger partial charge is 0.265 e. The van der Waals surface area contributed by atoms with E-state index in [-0.39, 0.29) is 23.5 Å². The summed E-state index contributed by atoms with van der Waals surface area (Å²) in [6.07, 6.45) is 0. The molecule has 37 heavy (non-hydrogen) atoms. The second-order valence-electron chi connectivity index (χ2n) is 8.35. The van der Waals surface area contributed by atoms with Crippen molar-refractivity contribution in [3.8, 4) is 5.75 Å². The van der Waals surface area contributed by atoms with Gasteiger partial charge in [0.15, 0.2) is 4.34 Å². The third kappa shape index (κ3) is 4.22. The number of ether oxygens (including phenoxy) is 1. The molecule has 0 fully saturated rings. The Balaban J connectivity index is 1.21. The number of hydrogen-bond acceptors (Lipinski definition) is 7. The summed E-state index contributed by atoms with van der Waals surface area (Å²) in [5.41, 5.74) is 2.94. The lowest BCUT2D eigenvalue weighted by atomic mass is 9.94. The molecule has 3 amide bonds. The molecule has 0 saturated heterocycles. The van der Waals surface area contributed by atoms with Gasteiger partial charge in [0, 0.05) is 22.2 Å². The molecule has 0 radical (unpaired) electrons. The molecular weight excluding hydrogens is 506 g/mol. The molecule has 4 aromatic carbocycles. The minimum atomic E-state index is -0.344. The first-order chi connectivity index (χ1) is 18.0. The molecule has 1 N–H and O–H groups in total. The van der Waals surface area contributed by atoms with Crippen LogP contribution in [-0.4, -0.2) is 35.6 Å². The Hall–Kier alpha value is -4.21. The standard InChI is InChI=1S/C28H19N3O4S2/c1-35-19-11-8-17(9-12-19)29-24(32)15-36-28-30-22-13-10-18(14-23(22)37-28)31-26(33)20-6-2-4-16-5-3-7-21(25(16)20)27(31)34/h2-14H,15H2,1H3,(H,29,32). The van der Waals surface area contributed by atoms with Gasteiger partial charge in [-0.05, 0) is 60.0 Å². The Bertz CT molecular complexity index is 1660. The third-order valence-electron chi connectivity index (χ3n) is 6.08. The predicted molar refractivity (Wildman–Crippen MR) is 147 cm³/mol. The van der Waals surface area contributed by atoms with Crippen LogP contribution in [0.25, 0.3) is 21.0 Å². The van der Waals surface area contributed by atoms with Gasteiger partial charge in [-0.3, -0.25) is 14.4 Å². The molecule has 7 nitrogen and oxygen atoms in total. The Morgan fingerprint density at radius 3 is 2.35 bits per heavy atom. The Labute approximate surface area is 220 Å². The zero-order valence-corrected chi connectivity index (χ0v) is 21.2. The molecule has 0 bridgehead atoms. The molecule has 0 atom stereocenters. The molecular formula is C28H19N3O4S2. The number of benzene rings is 4. The van der Waals surface area contributed by atoms with E-state index in [1.807, 2.05) is 24.3 Å². The number of thiazole rings is 1. The fraction of sp³-hybridized carbons (Fsp3) is 0.0714. The largest absolute Gasteiger partial charge is 0.497 e. The second-order valence-corrected chi connectivity index (χ2v) is 10.6. The molecule has 1 aliphatic rings. The summed E-state index contributed by atoms with van der Waals surface area (Å²) < 4.78 is 6.68. The van der Waals surface area contributed by atoms with Gasteiger partial charge in [-0.2, -0.15) is 0 Å². The number of nitrogens with one attached hydrogen (secondary N) is 1. The minimum Gasteiger partial charge on any atom is -0.497 e. The molecule has 9 heteroatoms. The highest BCUT2D eigenvalue weighted by Gasteiger charge is 2.34. The molecule has 6 rings (SSSR count). The van der Waals surface area contributed by atoms with Gasteiger partial charge in [0.1, 0.15) is 5.75 Å². The number of nitrogens with zero attached hydrogens (tertiary/aromatic N) is 2. The number of aromatic nitrogens is 1. The minimum absolute atomic E-state index is 0.146. The van der Waals surface area contributed by atoms with Crippen LogP contribution in [0, 0.1) is 0 Å². The summed E-state index contributed by atoms with van der Waals surface area (Å²) in [6.45, 7) is 0. The maximum absolute atomic E-state index is 13.4. The summed E-state index contributed by atoms with van der Waals surface area (Å²) >= 11 is 2.75. The number of methoxy groups -OCH3 is 1. The SMILES string of the molecule is COc1ccc(NC(=O)CSc2nc3ccc(N4C(=O)c5cccc6cccc(c56)C4=O)cc3s2)cc1. The van der Waals surface area contributed by atoms with Gasteiger partial charge in [0.2, 0.25) is 5.91 Å². The van der Waals surface area contributed by atoms with Crippen molar-refractivity contribution in [1.82, 2.24) is 4.98 Å². The quantitative estimate of drug-likeness (QED) is 0.216. The number of amides is 3. The van der Waals surface area contributed by atoms with Gasteiger partial charge in [-0.1, -0.05) is 36.0 Å². The first-order valence-corrected chi connectivity index (χ1v) is 13.2. The van der Waals surface area contributed by atoms with Gasteiger partial charge in [0.05, 0.1) is 28.8 Å². The molecule has 0 spiro atoms. The van der Waals surface area contributed by atoms with E-state index < -0.39 is 0 Å². The summed E-state index contributed by atoms with van der Waals surface area (Å²) in [5, 5.41) is 4.42. The number of carbonyl (C=O) groups is 3. The maximum atomic E-state index is 13.4. The third-order valence-corrected chi connectivity index (χ3v) is 8.24. The number of thioether (sulfide) groups is 1. The lowest BCUT2D eigenvalue weighted by Gasteiger charge is -2.27. The van der Waals surface area contributed by atoms with Crippen LogP contribution in [0.5, 0.6) is 5.75 Å². The van der Waals surface area contributed by atoms with Gasteiger partial charge in [-0.25, -0.2) is 9.88 Å². The summed E-state index contributed by atoms with van der Waals surface area (Å²) in [5.74, 6) is 0.0802. The van der Waals surface area contributed by atoms with Crippen molar-refractivity contribution in [2.45, 2.75) is 4.34 Å². The topological polar surface area (TPSA) is 88.6 Å². The molecule has 0 saturated carbocycles. The van der Waals surface area contributed by atoms with Crippen molar-refractivity contribution in [3.05, 3.63) is 90.0 Å². The van der Waals surface area contributed by atoms with E-state index in [2.05, 4.69) is 10.3 Å². The fourth-order valence-electron chi connectivity index (χ4n) is 4.36. The maximum Gasteiger partial charge on any atom is 0.265 e. The highest BCUT2D eigenvalue weighted by Crippen LogP contribution is 2.36. The number of rotatable bonds is 6. The monoisotopic (exact) mass is 525 g/mol. The van der Waals surface area contributed by atoms with Crippen LogP contribution in [0.2, 0.25) is 0 Å². The Morgan fingerprint density at radius 1 is 0.973 bits per heavy atom. The number of carbonyl (C=O) groups excluding carboxylic acids is 3. The first-order valence-electron chi connectivity index (χ1n) is 11.4. The van der Waals surface area contributed by atoms with E-state index in [1.54, 1.807) is 61.7 Å². The van der Waals surface area contributed by atoms with Crippen molar-refractivity contribution in [1.29, 1.82) is 0 Å². The van der Waals surface area contributed by atoms with Crippen LogP contribution in [0.15, 0.2) is 83.2 Å². The van der Waals surface area contributed by atoms with Gasteiger partial charge >= 0.3 is 0 Å². The zero-order valence-electron chi connectivity index (χ0n) is 19.6. The van der Waals surface area contributed by atoms with E-state index in [9.17, 15) is 14.4 Å². The molecule has 182 valence electrons. The van der Waals surface area contributed by atoms with Crippen LogP contribution in [0.4, 0.5) is 11.4 Å². The van der Waals surface area contributed by atoms with E-state index in [0.717, 1.165) is 25.7 Å². The van der Waals surface area contributed by atoms with E-state index >= 15 is 0 Å². The van der Waals surface area contributed by atoms with Crippen molar-refractivity contribution in [2.75, 3.05) is 23.1 Å². The molecule has 1 aliphatic heterocycles. The van der Waals surface area contributed by atoms with Gasteiger partial charge < -0.3 is 10.1 Å². The molecule has 1 aromatic heterocycles. The highest BCUT2D eigenvalue weighted by molar-refractivity contribution is 8.01. The summed E-state index contributed by atoms with van der Waals surface area (Å²) in [4.78, 5) is 44.9. The normalized spacial score (nSPS) is 12.8. The Morgan fingerprint density at radius 2 is 1.68 bits per heavy atom. The summed E-state index contributed by atoms with van der Waals surface area (Å²) in [7, 11) is 1.59. The Kier molecular flexibility index (Phi) is 5.86. The lowest BCUT2D eigenvalue weighted by molar-refractivity contribution is -0.113. The van der Waals surface area contributed by atoms with Crippen molar-refractivity contribution in [3.63, 3.8) is 0 Å². The van der Waals surface area contributed by atoms with E-state index in [1.165, 1.54) is 28.0 Å². The van der Waals surface area contributed by atoms with E-state index in [4.69, 9.17) is 4.74 Å². The van der Waals surface area contributed by atoms with Crippen LogP contribution < -0.4 is 15.0 Å². The van der Waals surface area contributed by atoms with Gasteiger partial charge in [-0.15, -0.1) is 11.3 Å². The lowest BCUT2D eigenvalue weighted by Crippen LogP contribution is -2.40. The van der Waals surface area contributed by atoms with Crippen molar-refractivity contribution < 1.29 is 19.1 Å². The second kappa shape index (κ2) is 9.34.